The van der Waals surface area contributed by atoms with E-state index in [1.165, 1.54) is 11.6 Å². The van der Waals surface area contributed by atoms with Crippen molar-refractivity contribution < 1.29 is 13.0 Å². The molecule has 306 valence electrons. The third kappa shape index (κ3) is 6.81. The summed E-state index contributed by atoms with van der Waals surface area (Å²) >= 11 is 0. The molecule has 6 nitrogen and oxygen atoms in total. The number of hydrogen-bond acceptors (Lipinski definition) is 5. The van der Waals surface area contributed by atoms with Gasteiger partial charge in [0.05, 0.1) is 22.4 Å². The number of fused-ring (bicyclic) bond motifs is 5. The highest BCUT2D eigenvalue weighted by Gasteiger charge is 2.39. The number of pyridine rings is 1. The maximum atomic E-state index is 8.45. The average Bonchev–Trinajstić information content (AvgIpc) is 3.89. The maximum Gasteiger partial charge on any atom is 0.322 e. The summed E-state index contributed by atoms with van der Waals surface area (Å²) in [5, 5.41) is 2.24. The zero-order chi connectivity index (χ0) is 47.8. The Kier molecular flexibility index (Phi) is 7.75. The van der Waals surface area contributed by atoms with Crippen LogP contribution in [0.4, 0.5) is 17.1 Å². The Balaban J connectivity index is 1.02. The summed E-state index contributed by atoms with van der Waals surface area (Å²) in [7, 11) is 0. The first-order valence-corrected chi connectivity index (χ1v) is 21.3. The van der Waals surface area contributed by atoms with Gasteiger partial charge in [0.25, 0.3) is 0 Å². The first-order chi connectivity index (χ1) is 33.1. The molecule has 8 aromatic rings. The summed E-state index contributed by atoms with van der Waals surface area (Å²) in [6.07, 6.45) is 9.96. The third-order valence-electron chi connectivity index (χ3n) is 12.3. The van der Waals surface area contributed by atoms with Crippen LogP contribution in [-0.4, -0.2) is 27.9 Å². The molecule has 3 aliphatic rings. The van der Waals surface area contributed by atoms with Crippen molar-refractivity contribution >= 4 is 56.8 Å². The molecule has 6 aromatic carbocycles. The van der Waals surface area contributed by atoms with E-state index >= 15 is 0 Å². The molecule has 7 heteroatoms. The van der Waals surface area contributed by atoms with E-state index in [0.29, 0.717) is 23.7 Å². The molecule has 5 heterocycles. The van der Waals surface area contributed by atoms with E-state index in [9.17, 15) is 0 Å². The molecule has 11 rings (SSSR count). The van der Waals surface area contributed by atoms with Gasteiger partial charge in [-0.25, -0.2) is 4.98 Å². The Morgan fingerprint density at radius 1 is 0.651 bits per heavy atom. The normalized spacial score (nSPS) is 16.6. The van der Waals surface area contributed by atoms with Crippen molar-refractivity contribution in [2.45, 2.75) is 39.9 Å². The quantitative estimate of drug-likeness (QED) is 0.150. The lowest BCUT2D eigenvalue weighted by atomic mass is 9.48. The molecule has 0 atom stereocenters. The highest BCUT2D eigenvalue weighted by atomic mass is 16.5. The highest BCUT2D eigenvalue weighted by Crippen LogP contribution is 2.49. The molecule has 0 aliphatic carbocycles. The SMILES string of the molecule is [2H]C([2H])([2H])c1cc(C2=C(N3CN(c4cccc(Oc5ccc6c7ccccc7n(-c7cc(C(C)(C)C)ccn7)c6c5)c4)c4ccccc43)C(c3ccccc3)=CN3C=CC=CB23)cc(C([2H])([2H])[2H])c1. The van der Waals surface area contributed by atoms with E-state index < -0.39 is 13.7 Å². The first kappa shape index (κ1) is 32.2. The van der Waals surface area contributed by atoms with Crippen LogP contribution in [0, 0.1) is 13.7 Å². The maximum absolute atomic E-state index is 8.45. The minimum atomic E-state index is -2.55. The van der Waals surface area contributed by atoms with E-state index in [1.807, 2.05) is 73.1 Å². The first-order valence-electron chi connectivity index (χ1n) is 24.3. The van der Waals surface area contributed by atoms with Crippen molar-refractivity contribution in [3.05, 3.63) is 222 Å². The second-order valence-electron chi connectivity index (χ2n) is 17.4. The molecule has 0 unspecified atom stereocenters. The zero-order valence-electron chi connectivity index (χ0n) is 41.3. The van der Waals surface area contributed by atoms with Gasteiger partial charge in [-0.1, -0.05) is 129 Å². The van der Waals surface area contributed by atoms with Crippen LogP contribution in [-0.2, 0) is 5.41 Å². The minimum Gasteiger partial charge on any atom is -0.457 e. The van der Waals surface area contributed by atoms with Crippen LogP contribution < -0.4 is 14.5 Å². The fourth-order valence-electron chi connectivity index (χ4n) is 9.33. The molecule has 0 amide bonds. The monoisotopic (exact) mass is 823 g/mol. The van der Waals surface area contributed by atoms with Crippen molar-refractivity contribution in [1.82, 2.24) is 14.4 Å². The Hall–Kier alpha value is -7.51. The van der Waals surface area contributed by atoms with Gasteiger partial charge in [0.1, 0.15) is 24.0 Å². The van der Waals surface area contributed by atoms with Gasteiger partial charge in [0, 0.05) is 60.5 Å². The number of allylic oxidation sites excluding steroid dienone is 3. The number of benzene rings is 6. The molecule has 2 aromatic heterocycles. The van der Waals surface area contributed by atoms with Crippen molar-refractivity contribution in [2.24, 2.45) is 0 Å². The summed E-state index contributed by atoms with van der Waals surface area (Å²) in [6.45, 7) is 1.55. The zero-order valence-corrected chi connectivity index (χ0v) is 35.3. The number of ether oxygens (including phenoxy) is 1. The molecule has 0 fully saturated rings. The Bertz CT molecular complexity index is 3420. The van der Waals surface area contributed by atoms with E-state index in [4.69, 9.17) is 17.9 Å². The summed E-state index contributed by atoms with van der Waals surface area (Å²) in [6, 6.07) is 49.9. The lowest BCUT2D eigenvalue weighted by Crippen LogP contribution is -2.40. The largest absolute Gasteiger partial charge is 0.457 e. The molecule has 63 heavy (non-hydrogen) atoms. The van der Waals surface area contributed by atoms with Crippen LogP contribution in [0.25, 0.3) is 38.7 Å². The lowest BCUT2D eigenvalue weighted by molar-refractivity contribution is 0.483. The van der Waals surface area contributed by atoms with Gasteiger partial charge in [-0.3, -0.25) is 4.57 Å². The van der Waals surface area contributed by atoms with E-state index in [2.05, 4.69) is 137 Å². The number of anilines is 3. The van der Waals surface area contributed by atoms with E-state index in [-0.39, 0.29) is 23.4 Å². The van der Waals surface area contributed by atoms with E-state index in [1.54, 1.807) is 12.1 Å². The molecule has 0 radical (unpaired) electrons. The average molecular weight is 824 g/mol. The number of rotatable bonds is 7. The third-order valence-corrected chi connectivity index (χ3v) is 12.3. The van der Waals surface area contributed by atoms with Crippen LogP contribution in [0.3, 0.4) is 0 Å². The van der Waals surface area contributed by atoms with Crippen LogP contribution in [0.5, 0.6) is 11.5 Å². The Morgan fingerprint density at radius 3 is 2.21 bits per heavy atom. The molecular formula is C56H48BN5O. The van der Waals surface area contributed by atoms with Crippen LogP contribution >= 0.6 is 0 Å². The Morgan fingerprint density at radius 2 is 1.40 bits per heavy atom. The molecular weight excluding hydrogens is 769 g/mol. The molecule has 3 aliphatic heterocycles. The second kappa shape index (κ2) is 15.1. The number of nitrogens with zero attached hydrogens (tertiary/aromatic N) is 5. The molecule has 0 N–H and O–H groups in total. The van der Waals surface area contributed by atoms with E-state index in [0.717, 1.165) is 67.0 Å². The van der Waals surface area contributed by atoms with Crippen LogP contribution in [0.15, 0.2) is 194 Å². The molecule has 0 saturated carbocycles. The smallest absolute Gasteiger partial charge is 0.322 e. The van der Waals surface area contributed by atoms with Crippen molar-refractivity contribution in [2.75, 3.05) is 16.5 Å². The summed E-state index contributed by atoms with van der Waals surface area (Å²) < 4.78 is 59.7. The van der Waals surface area contributed by atoms with Gasteiger partial charge in [-0.15, -0.1) is 0 Å². The summed E-state index contributed by atoms with van der Waals surface area (Å²) in [5.74, 6) is 4.26. The van der Waals surface area contributed by atoms with Crippen molar-refractivity contribution in [1.29, 1.82) is 0 Å². The van der Waals surface area contributed by atoms with Crippen molar-refractivity contribution in [3.8, 4) is 17.3 Å². The number of hydrogen-bond donors (Lipinski definition) is 0. The molecule has 0 bridgehead atoms. The van der Waals surface area contributed by atoms with Gasteiger partial charge < -0.3 is 19.3 Å². The second-order valence-corrected chi connectivity index (χ2v) is 17.4. The number of aromatic nitrogens is 2. The lowest BCUT2D eigenvalue weighted by Gasteiger charge is -2.38. The molecule has 0 saturated heterocycles. The Labute approximate surface area is 378 Å². The fourth-order valence-corrected chi connectivity index (χ4v) is 9.33. The summed E-state index contributed by atoms with van der Waals surface area (Å²) in [5.41, 5.74) is 9.97. The fraction of sp³-hybridized carbons (Fsp3) is 0.125. The van der Waals surface area contributed by atoms with Crippen LogP contribution in [0.1, 0.15) is 56.8 Å². The highest BCUT2D eigenvalue weighted by molar-refractivity contribution is 6.82. The summed E-state index contributed by atoms with van der Waals surface area (Å²) in [4.78, 5) is 11.5. The van der Waals surface area contributed by atoms with Gasteiger partial charge in [-0.05, 0) is 108 Å². The minimum absolute atomic E-state index is 0.0250. The van der Waals surface area contributed by atoms with Crippen LogP contribution in [0.2, 0.25) is 0 Å². The van der Waals surface area contributed by atoms with Gasteiger partial charge >= 0.3 is 6.85 Å². The molecule has 0 spiro atoms. The predicted octanol–water partition coefficient (Wildman–Crippen LogP) is 13.7. The number of aryl methyl sites for hydroxylation is 2. The van der Waals surface area contributed by atoms with Crippen molar-refractivity contribution in [3.63, 3.8) is 0 Å². The van der Waals surface area contributed by atoms with Gasteiger partial charge in [0.2, 0.25) is 0 Å². The van der Waals surface area contributed by atoms with Gasteiger partial charge in [-0.2, -0.15) is 0 Å². The predicted molar refractivity (Wildman–Crippen MR) is 263 cm³/mol. The number of para-hydroxylation sites is 3. The topological polar surface area (TPSA) is 36.8 Å². The van der Waals surface area contributed by atoms with Gasteiger partial charge in [0.15, 0.2) is 0 Å². The standard InChI is InChI=1S/C56H48BN5O/c1-38-30-39(2)32-41(31-38)54-55(48(40-16-7-6-8-17-40)36-59-29-14-13-27-57(54)59)61-37-60(50-22-11-12-23-51(50)61)43-18-15-19-44(34-43)63-45-24-25-47-46-20-9-10-21-49(46)62(52(47)35-45)53-33-42(26-28-58-53)56(3,4)5/h6-36H,37H2,1-5H3/i1D3,2D3.